The Bertz CT molecular complexity index is 839. The summed E-state index contributed by atoms with van der Waals surface area (Å²) in [7, 11) is 0. The lowest BCUT2D eigenvalue weighted by molar-refractivity contribution is -0.384. The zero-order chi connectivity index (χ0) is 15.4. The minimum Gasteiger partial charge on any atom is -0.278 e. The molecule has 0 amide bonds. The monoisotopic (exact) mass is 292 g/mol. The van der Waals surface area contributed by atoms with Crippen molar-refractivity contribution >= 4 is 28.5 Å². The van der Waals surface area contributed by atoms with Gasteiger partial charge < -0.3 is 0 Å². The highest BCUT2D eigenvalue weighted by atomic mass is 16.6. The van der Waals surface area contributed by atoms with E-state index in [0.29, 0.717) is 0 Å². The molecule has 22 heavy (non-hydrogen) atoms. The van der Waals surface area contributed by atoms with Crippen LogP contribution in [0, 0.1) is 10.1 Å². The average Bonchev–Trinajstić information content (AvgIpc) is 2.55. The van der Waals surface area contributed by atoms with Crippen molar-refractivity contribution in [1.82, 2.24) is 4.98 Å². The maximum atomic E-state index is 10.6. The number of nitrogens with one attached hydrogen (secondary N) is 1. The fourth-order valence-electron chi connectivity index (χ4n) is 2.05. The zero-order valence-corrected chi connectivity index (χ0v) is 11.5. The Morgan fingerprint density at radius 3 is 2.64 bits per heavy atom. The van der Waals surface area contributed by atoms with Gasteiger partial charge in [-0.1, -0.05) is 18.2 Å². The summed E-state index contributed by atoms with van der Waals surface area (Å²) >= 11 is 0. The van der Waals surface area contributed by atoms with Crippen LogP contribution in [0.15, 0.2) is 65.9 Å². The molecule has 0 radical (unpaired) electrons. The molecule has 1 heterocycles. The molecule has 0 saturated carbocycles. The summed E-state index contributed by atoms with van der Waals surface area (Å²) in [6, 6.07) is 15.8. The van der Waals surface area contributed by atoms with Crippen molar-refractivity contribution in [3.63, 3.8) is 0 Å². The van der Waals surface area contributed by atoms with Gasteiger partial charge >= 0.3 is 0 Å². The second-order valence-electron chi connectivity index (χ2n) is 4.59. The van der Waals surface area contributed by atoms with Crippen LogP contribution >= 0.6 is 0 Å². The quantitative estimate of drug-likeness (QED) is 0.452. The third-order valence-electron chi connectivity index (χ3n) is 3.15. The second-order valence-corrected chi connectivity index (χ2v) is 4.59. The smallest absolute Gasteiger partial charge is 0.269 e. The first-order chi connectivity index (χ1) is 10.7. The minimum absolute atomic E-state index is 0.0604. The second kappa shape index (κ2) is 6.01. The van der Waals surface area contributed by atoms with Crippen LogP contribution in [0.4, 0.5) is 11.4 Å². The predicted octanol–water partition coefficient (Wildman–Crippen LogP) is 3.59. The van der Waals surface area contributed by atoms with Crippen LogP contribution in [-0.2, 0) is 0 Å². The van der Waals surface area contributed by atoms with Crippen molar-refractivity contribution in [3.05, 3.63) is 76.5 Å². The van der Waals surface area contributed by atoms with E-state index >= 15 is 0 Å². The fraction of sp³-hybridized carbons (Fsp3) is 0. The van der Waals surface area contributed by atoms with Crippen LogP contribution in [0.5, 0.6) is 0 Å². The lowest BCUT2D eigenvalue weighted by Crippen LogP contribution is -1.93. The van der Waals surface area contributed by atoms with E-state index < -0.39 is 4.92 Å². The van der Waals surface area contributed by atoms with Crippen molar-refractivity contribution in [2.24, 2.45) is 5.10 Å². The number of anilines is 1. The van der Waals surface area contributed by atoms with Crippen LogP contribution in [-0.4, -0.2) is 16.1 Å². The molecule has 0 aliphatic heterocycles. The van der Waals surface area contributed by atoms with Gasteiger partial charge in [0.15, 0.2) is 0 Å². The van der Waals surface area contributed by atoms with Gasteiger partial charge in [0.25, 0.3) is 5.69 Å². The molecule has 0 bridgehead atoms. The Labute approximate surface area is 126 Å². The molecule has 3 rings (SSSR count). The van der Waals surface area contributed by atoms with Crippen LogP contribution in [0.3, 0.4) is 0 Å². The summed E-state index contributed by atoms with van der Waals surface area (Å²) < 4.78 is 0. The highest BCUT2D eigenvalue weighted by molar-refractivity contribution is 5.91. The van der Waals surface area contributed by atoms with E-state index in [9.17, 15) is 10.1 Å². The SMILES string of the molecule is O=[N+]([O-])c1ccc(/C=N/Nc2ccnc3ccccc23)cc1. The number of hydrogen-bond donors (Lipinski definition) is 1. The van der Waals surface area contributed by atoms with Crippen LogP contribution < -0.4 is 5.43 Å². The van der Waals surface area contributed by atoms with Gasteiger partial charge in [-0.15, -0.1) is 0 Å². The topological polar surface area (TPSA) is 80.4 Å². The molecular formula is C16H12N4O2. The van der Waals surface area contributed by atoms with E-state index in [1.165, 1.54) is 12.1 Å². The Morgan fingerprint density at radius 2 is 1.86 bits per heavy atom. The number of para-hydroxylation sites is 1. The van der Waals surface area contributed by atoms with Crippen molar-refractivity contribution in [2.75, 3.05) is 5.43 Å². The summed E-state index contributed by atoms with van der Waals surface area (Å²) in [6.07, 6.45) is 3.32. The van der Waals surface area contributed by atoms with E-state index in [4.69, 9.17) is 0 Å². The van der Waals surface area contributed by atoms with Gasteiger partial charge in [0.05, 0.1) is 22.3 Å². The van der Waals surface area contributed by atoms with Crippen LogP contribution in [0.2, 0.25) is 0 Å². The molecule has 0 unspecified atom stereocenters. The van der Waals surface area contributed by atoms with Gasteiger partial charge in [-0.3, -0.25) is 20.5 Å². The van der Waals surface area contributed by atoms with Gasteiger partial charge in [0, 0.05) is 23.7 Å². The first kappa shape index (κ1) is 13.7. The highest BCUT2D eigenvalue weighted by Crippen LogP contribution is 2.20. The maximum Gasteiger partial charge on any atom is 0.269 e. The summed E-state index contributed by atoms with van der Waals surface area (Å²) in [5, 5.41) is 15.7. The summed E-state index contributed by atoms with van der Waals surface area (Å²) in [4.78, 5) is 14.4. The number of nitrogens with zero attached hydrogens (tertiary/aromatic N) is 3. The van der Waals surface area contributed by atoms with Crippen LogP contribution in [0.1, 0.15) is 5.56 Å². The van der Waals surface area contributed by atoms with Gasteiger partial charge in [0.1, 0.15) is 0 Å². The summed E-state index contributed by atoms with van der Waals surface area (Å²) in [5.41, 5.74) is 5.54. The number of nitro benzene ring substituents is 1. The number of nitro groups is 1. The molecule has 108 valence electrons. The molecule has 6 heteroatoms. The molecule has 1 N–H and O–H groups in total. The van der Waals surface area contributed by atoms with E-state index in [0.717, 1.165) is 22.2 Å². The summed E-state index contributed by atoms with van der Waals surface area (Å²) in [5.74, 6) is 0. The molecule has 0 aliphatic carbocycles. The van der Waals surface area contributed by atoms with E-state index in [2.05, 4.69) is 15.5 Å². The van der Waals surface area contributed by atoms with Crippen molar-refractivity contribution < 1.29 is 4.92 Å². The third kappa shape index (κ3) is 2.90. The molecule has 2 aromatic carbocycles. The maximum absolute atomic E-state index is 10.6. The predicted molar refractivity (Wildman–Crippen MR) is 86.1 cm³/mol. The average molecular weight is 292 g/mol. The Morgan fingerprint density at radius 1 is 1.09 bits per heavy atom. The Balaban J connectivity index is 1.77. The summed E-state index contributed by atoms with van der Waals surface area (Å²) in [6.45, 7) is 0. The number of pyridine rings is 1. The molecule has 0 spiro atoms. The van der Waals surface area contributed by atoms with Crippen LogP contribution in [0.25, 0.3) is 10.9 Å². The number of hydrogen-bond acceptors (Lipinski definition) is 5. The first-order valence-corrected chi connectivity index (χ1v) is 6.61. The van der Waals surface area contributed by atoms with Crippen molar-refractivity contribution in [3.8, 4) is 0 Å². The highest BCUT2D eigenvalue weighted by Gasteiger charge is 2.02. The van der Waals surface area contributed by atoms with Gasteiger partial charge in [0.2, 0.25) is 0 Å². The largest absolute Gasteiger partial charge is 0.278 e. The normalized spacial score (nSPS) is 10.9. The molecule has 0 atom stereocenters. The first-order valence-electron chi connectivity index (χ1n) is 6.61. The fourth-order valence-corrected chi connectivity index (χ4v) is 2.05. The molecule has 0 saturated heterocycles. The molecule has 3 aromatic rings. The van der Waals surface area contributed by atoms with E-state index in [1.54, 1.807) is 24.5 Å². The van der Waals surface area contributed by atoms with Crippen molar-refractivity contribution in [2.45, 2.75) is 0 Å². The van der Waals surface area contributed by atoms with Gasteiger partial charge in [-0.2, -0.15) is 5.10 Å². The Hall–Kier alpha value is -3.28. The molecular weight excluding hydrogens is 280 g/mol. The molecule has 0 fully saturated rings. The lowest BCUT2D eigenvalue weighted by Gasteiger charge is -2.04. The number of rotatable bonds is 4. The number of fused-ring (bicyclic) bond motifs is 1. The molecule has 6 nitrogen and oxygen atoms in total. The van der Waals surface area contributed by atoms with Crippen molar-refractivity contribution in [1.29, 1.82) is 0 Å². The lowest BCUT2D eigenvalue weighted by atomic mass is 10.2. The third-order valence-corrected chi connectivity index (χ3v) is 3.15. The molecule has 0 aliphatic rings. The zero-order valence-electron chi connectivity index (χ0n) is 11.5. The van der Waals surface area contributed by atoms with Gasteiger partial charge in [-0.05, 0) is 29.8 Å². The van der Waals surface area contributed by atoms with E-state index in [-0.39, 0.29) is 5.69 Å². The number of non-ortho nitro benzene ring substituents is 1. The number of aromatic nitrogens is 1. The Kier molecular flexibility index (Phi) is 3.74. The standard InChI is InChI=1S/C16H12N4O2/c21-20(22)13-7-5-12(6-8-13)11-18-19-16-9-10-17-15-4-2-1-3-14(15)16/h1-11H,(H,17,19)/b18-11+. The minimum atomic E-state index is -0.428. The molecule has 1 aromatic heterocycles. The van der Waals surface area contributed by atoms with E-state index in [1.807, 2.05) is 30.3 Å². The number of benzene rings is 2. The number of hydrazone groups is 1. The van der Waals surface area contributed by atoms with Gasteiger partial charge in [-0.25, -0.2) is 0 Å².